The van der Waals surface area contributed by atoms with Gasteiger partial charge >= 0.3 is 0 Å². The molecule has 0 fully saturated rings. The summed E-state index contributed by atoms with van der Waals surface area (Å²) in [5, 5.41) is 2.68. The lowest BCUT2D eigenvalue weighted by molar-refractivity contribution is -0.134. The van der Waals surface area contributed by atoms with Crippen molar-refractivity contribution < 1.29 is 14.3 Å². The molecule has 0 aromatic heterocycles. The molecule has 23 heavy (non-hydrogen) atoms. The van der Waals surface area contributed by atoms with E-state index in [-0.39, 0.29) is 11.8 Å². The first-order valence-electron chi connectivity index (χ1n) is 7.53. The molecular weight excluding hydrogens is 360 g/mol. The van der Waals surface area contributed by atoms with E-state index >= 15 is 0 Å². The van der Waals surface area contributed by atoms with Crippen LogP contribution in [0.5, 0.6) is 5.75 Å². The van der Waals surface area contributed by atoms with Crippen molar-refractivity contribution in [2.45, 2.75) is 26.8 Å². The summed E-state index contributed by atoms with van der Waals surface area (Å²) < 4.78 is 6.14. The fraction of sp³-hybridized carbons (Fsp3) is 0.412. The molecule has 1 aromatic carbocycles. The van der Waals surface area contributed by atoms with Gasteiger partial charge in [-0.05, 0) is 45.0 Å². The number of carbonyl (C=O) groups excluding carboxylic acids is 2. The van der Waals surface area contributed by atoms with Gasteiger partial charge in [-0.3, -0.25) is 9.59 Å². The summed E-state index contributed by atoms with van der Waals surface area (Å²) in [5.41, 5.74) is 0.778. The third kappa shape index (κ3) is 5.71. The molecule has 2 amide bonds. The minimum Gasteiger partial charge on any atom is -0.496 e. The Balaban J connectivity index is 2.73. The van der Waals surface area contributed by atoms with Crippen LogP contribution in [0.1, 0.15) is 26.3 Å². The molecular formula is C17H23BrN2O3. The van der Waals surface area contributed by atoms with Crippen LogP contribution in [-0.4, -0.2) is 43.0 Å². The number of ether oxygens (including phenoxy) is 1. The maximum absolute atomic E-state index is 12.1. The minimum atomic E-state index is -0.559. The van der Waals surface area contributed by atoms with E-state index in [9.17, 15) is 9.59 Å². The number of nitrogens with one attached hydrogen (secondary N) is 1. The standard InChI is InChI=1S/C17H23BrN2O3/c1-5-20(6-2)17(22)12(3)19-16(21)10-7-13-11-14(18)8-9-15(13)23-4/h7-12H,5-6H2,1-4H3,(H,19,21)/b10-7+. The predicted octanol–water partition coefficient (Wildman–Crippen LogP) is 2.84. The molecule has 0 saturated carbocycles. The smallest absolute Gasteiger partial charge is 0.244 e. The summed E-state index contributed by atoms with van der Waals surface area (Å²) in [6, 6.07) is 4.97. The fourth-order valence-electron chi connectivity index (χ4n) is 2.13. The number of carbonyl (C=O) groups is 2. The minimum absolute atomic E-state index is 0.0863. The SMILES string of the molecule is CCN(CC)C(=O)C(C)NC(=O)/C=C/c1cc(Br)ccc1OC. The van der Waals surface area contributed by atoms with E-state index in [1.54, 1.807) is 25.0 Å². The van der Waals surface area contributed by atoms with Crippen molar-refractivity contribution in [3.63, 3.8) is 0 Å². The van der Waals surface area contributed by atoms with Gasteiger partial charge in [-0.1, -0.05) is 15.9 Å². The summed E-state index contributed by atoms with van der Waals surface area (Å²) >= 11 is 3.38. The first-order chi connectivity index (χ1) is 10.9. The van der Waals surface area contributed by atoms with Gasteiger partial charge in [0, 0.05) is 29.2 Å². The van der Waals surface area contributed by atoms with Crippen LogP contribution < -0.4 is 10.1 Å². The van der Waals surface area contributed by atoms with Crippen LogP contribution in [-0.2, 0) is 9.59 Å². The summed E-state index contributed by atoms with van der Waals surface area (Å²) in [6.07, 6.45) is 3.06. The van der Waals surface area contributed by atoms with E-state index in [0.717, 1.165) is 10.0 Å². The molecule has 6 heteroatoms. The van der Waals surface area contributed by atoms with Crippen molar-refractivity contribution in [3.05, 3.63) is 34.3 Å². The molecule has 1 N–H and O–H groups in total. The van der Waals surface area contributed by atoms with Gasteiger partial charge in [-0.2, -0.15) is 0 Å². The van der Waals surface area contributed by atoms with Crippen LogP contribution in [0.15, 0.2) is 28.7 Å². The summed E-state index contributed by atoms with van der Waals surface area (Å²) in [6.45, 7) is 6.76. The third-order valence-corrected chi connectivity index (χ3v) is 3.90. The lowest BCUT2D eigenvalue weighted by Crippen LogP contribution is -2.46. The fourth-order valence-corrected chi connectivity index (χ4v) is 2.51. The zero-order valence-corrected chi connectivity index (χ0v) is 15.5. The van der Waals surface area contributed by atoms with Gasteiger partial charge in [0.05, 0.1) is 7.11 Å². The molecule has 0 radical (unpaired) electrons. The van der Waals surface area contributed by atoms with Crippen molar-refractivity contribution in [2.75, 3.05) is 20.2 Å². The highest BCUT2D eigenvalue weighted by Gasteiger charge is 2.18. The zero-order valence-electron chi connectivity index (χ0n) is 13.9. The molecule has 1 unspecified atom stereocenters. The summed E-state index contributed by atoms with van der Waals surface area (Å²) in [5.74, 6) is 0.265. The lowest BCUT2D eigenvalue weighted by atomic mass is 10.2. The van der Waals surface area contributed by atoms with Crippen LogP contribution in [0.4, 0.5) is 0 Å². The quantitative estimate of drug-likeness (QED) is 0.737. The maximum Gasteiger partial charge on any atom is 0.244 e. The monoisotopic (exact) mass is 382 g/mol. The second-order valence-corrected chi connectivity index (χ2v) is 5.88. The number of rotatable bonds is 7. The Bertz CT molecular complexity index is 583. The Morgan fingerprint density at radius 1 is 1.35 bits per heavy atom. The Hall–Kier alpha value is -1.82. The molecule has 0 heterocycles. The highest BCUT2D eigenvalue weighted by atomic mass is 79.9. The van der Waals surface area contributed by atoms with Crippen molar-refractivity contribution in [3.8, 4) is 5.75 Å². The average molecular weight is 383 g/mol. The molecule has 0 bridgehead atoms. The Morgan fingerprint density at radius 3 is 2.57 bits per heavy atom. The number of benzene rings is 1. The van der Waals surface area contributed by atoms with E-state index < -0.39 is 6.04 Å². The van der Waals surface area contributed by atoms with Gasteiger partial charge in [0.25, 0.3) is 0 Å². The molecule has 1 rings (SSSR count). The molecule has 5 nitrogen and oxygen atoms in total. The molecule has 0 aliphatic heterocycles. The van der Waals surface area contributed by atoms with E-state index in [2.05, 4.69) is 21.2 Å². The molecule has 0 saturated heterocycles. The van der Waals surface area contributed by atoms with Crippen molar-refractivity contribution >= 4 is 33.8 Å². The van der Waals surface area contributed by atoms with Crippen LogP contribution >= 0.6 is 15.9 Å². The van der Waals surface area contributed by atoms with Crippen LogP contribution in [0, 0.1) is 0 Å². The van der Waals surface area contributed by atoms with Gasteiger partial charge in [0.1, 0.15) is 11.8 Å². The normalized spacial score (nSPS) is 12.0. The van der Waals surface area contributed by atoms with Gasteiger partial charge in [-0.15, -0.1) is 0 Å². The van der Waals surface area contributed by atoms with E-state index in [0.29, 0.717) is 18.8 Å². The molecule has 0 aliphatic rings. The topological polar surface area (TPSA) is 58.6 Å². The molecule has 0 spiro atoms. The van der Waals surface area contributed by atoms with Gasteiger partial charge in [-0.25, -0.2) is 0 Å². The van der Waals surface area contributed by atoms with Crippen molar-refractivity contribution in [2.24, 2.45) is 0 Å². The van der Waals surface area contributed by atoms with Gasteiger partial charge < -0.3 is 15.0 Å². The highest BCUT2D eigenvalue weighted by molar-refractivity contribution is 9.10. The molecule has 1 atom stereocenters. The molecule has 1 aromatic rings. The van der Waals surface area contributed by atoms with Gasteiger partial charge in [0.15, 0.2) is 0 Å². The van der Waals surface area contributed by atoms with E-state index in [4.69, 9.17) is 4.74 Å². The summed E-state index contributed by atoms with van der Waals surface area (Å²) in [4.78, 5) is 25.8. The second kappa shape index (κ2) is 9.35. The van der Waals surface area contributed by atoms with E-state index in [1.165, 1.54) is 6.08 Å². The first-order valence-corrected chi connectivity index (χ1v) is 8.33. The van der Waals surface area contributed by atoms with Crippen LogP contribution in [0.3, 0.4) is 0 Å². The second-order valence-electron chi connectivity index (χ2n) is 4.96. The molecule has 0 aliphatic carbocycles. The Labute approximate surface area is 145 Å². The number of likely N-dealkylation sites (N-methyl/N-ethyl adjacent to an activating group) is 1. The van der Waals surface area contributed by atoms with Crippen molar-refractivity contribution in [1.82, 2.24) is 10.2 Å². The summed E-state index contributed by atoms with van der Waals surface area (Å²) in [7, 11) is 1.57. The van der Waals surface area contributed by atoms with Crippen LogP contribution in [0.2, 0.25) is 0 Å². The maximum atomic E-state index is 12.1. The third-order valence-electron chi connectivity index (χ3n) is 3.41. The Morgan fingerprint density at radius 2 is 2.00 bits per heavy atom. The zero-order chi connectivity index (χ0) is 17.4. The number of hydrogen-bond acceptors (Lipinski definition) is 3. The number of nitrogens with zero attached hydrogens (tertiary/aromatic N) is 1. The van der Waals surface area contributed by atoms with E-state index in [1.807, 2.05) is 32.0 Å². The number of hydrogen-bond donors (Lipinski definition) is 1. The molecule has 126 valence electrons. The van der Waals surface area contributed by atoms with Gasteiger partial charge in [0.2, 0.25) is 11.8 Å². The lowest BCUT2D eigenvalue weighted by Gasteiger charge is -2.23. The average Bonchev–Trinajstić information content (AvgIpc) is 2.54. The van der Waals surface area contributed by atoms with Crippen molar-refractivity contribution in [1.29, 1.82) is 0 Å². The Kier molecular flexibility index (Phi) is 7.81. The largest absolute Gasteiger partial charge is 0.496 e. The predicted molar refractivity (Wildman–Crippen MR) is 95.3 cm³/mol. The number of amides is 2. The highest BCUT2D eigenvalue weighted by Crippen LogP contribution is 2.23. The van der Waals surface area contributed by atoms with Crippen LogP contribution in [0.25, 0.3) is 6.08 Å². The number of halogens is 1. The number of methoxy groups -OCH3 is 1. The first kappa shape index (κ1) is 19.2.